The van der Waals surface area contributed by atoms with Gasteiger partial charge in [0, 0.05) is 0 Å². The van der Waals surface area contributed by atoms with Crippen LogP contribution < -0.4 is 9.87 Å². The van der Waals surface area contributed by atoms with E-state index in [2.05, 4.69) is 20.8 Å². The molecule has 0 atom stereocenters. The summed E-state index contributed by atoms with van der Waals surface area (Å²) < 4.78 is 1.72. The van der Waals surface area contributed by atoms with Gasteiger partial charge in [0.15, 0.2) is 0 Å². The number of hydrazine groups is 1. The minimum atomic E-state index is 0.362. The first-order valence-corrected chi connectivity index (χ1v) is 7.27. The molecule has 2 N–H and O–H groups in total. The van der Waals surface area contributed by atoms with Gasteiger partial charge < -0.3 is 0 Å². The Kier molecular flexibility index (Phi) is 5.33. The third-order valence-electron chi connectivity index (χ3n) is 0.414. The first-order chi connectivity index (χ1) is 3.31. The Bertz CT molecular complexity index is 56.9. The molecule has 0 unspecified atom stereocenters. The van der Waals surface area contributed by atoms with Gasteiger partial charge in [-0.1, -0.05) is 0 Å². The van der Waals surface area contributed by atoms with Crippen molar-refractivity contribution in [1.82, 2.24) is 4.03 Å². The van der Waals surface area contributed by atoms with E-state index in [4.69, 9.17) is 5.84 Å². The van der Waals surface area contributed by atoms with Gasteiger partial charge in [-0.2, -0.15) is 0 Å². The van der Waals surface area contributed by atoms with Gasteiger partial charge in [0.1, 0.15) is 0 Å². The summed E-state index contributed by atoms with van der Waals surface area (Å²) in [4.78, 5) is 0. The van der Waals surface area contributed by atoms with Gasteiger partial charge >= 0.3 is 56.6 Å². The monoisotopic (exact) mass is 232 g/mol. The molecule has 7 heavy (non-hydrogen) atoms. The van der Waals surface area contributed by atoms with E-state index >= 15 is 0 Å². The van der Waals surface area contributed by atoms with Crippen LogP contribution in [0.1, 0.15) is 0 Å². The van der Waals surface area contributed by atoms with Gasteiger partial charge in [-0.3, -0.25) is 0 Å². The third kappa shape index (κ3) is 4.55. The molecule has 4 heteroatoms. The topological polar surface area (TPSA) is 31.9 Å². The van der Waals surface area contributed by atoms with Gasteiger partial charge in [-0.25, -0.2) is 0 Å². The number of nitrogens with zero attached hydrogens (tertiary/aromatic N) is 1. The molecule has 0 aromatic rings. The third-order valence-corrected chi connectivity index (χ3v) is 3.45. The number of hydrogen-bond donors (Lipinski definition) is 1. The van der Waals surface area contributed by atoms with E-state index < -0.39 is 0 Å². The van der Waals surface area contributed by atoms with Gasteiger partial charge in [0.25, 0.3) is 0 Å². The Morgan fingerprint density at radius 3 is 2.71 bits per heavy atom. The zero-order valence-corrected chi connectivity index (χ0v) is 7.46. The number of rotatable bonds is 3. The minimum absolute atomic E-state index is 0.362. The molecule has 0 aliphatic heterocycles. The van der Waals surface area contributed by atoms with E-state index in [-0.39, 0.29) is 0 Å². The molecule has 0 spiro atoms. The molecule has 0 aromatic heterocycles. The molecule has 0 heterocycles. The zero-order valence-electron chi connectivity index (χ0n) is 3.87. The summed E-state index contributed by atoms with van der Waals surface area (Å²) in [5.41, 5.74) is 0. The Labute approximate surface area is 56.8 Å². The van der Waals surface area contributed by atoms with Crippen molar-refractivity contribution in [3.8, 4) is 0 Å². The van der Waals surface area contributed by atoms with E-state index in [9.17, 15) is 0 Å². The molecule has 0 amide bonds. The molecule has 41 valence electrons. The van der Waals surface area contributed by atoms with Crippen molar-refractivity contribution in [2.75, 3.05) is 6.54 Å². The van der Waals surface area contributed by atoms with Crippen LogP contribution in [0, 0.1) is 0 Å². The van der Waals surface area contributed by atoms with Crippen LogP contribution in [0.25, 0.3) is 0 Å². The van der Waals surface area contributed by atoms with Crippen molar-refractivity contribution in [3.63, 3.8) is 0 Å². The van der Waals surface area contributed by atoms with Crippen molar-refractivity contribution in [1.29, 1.82) is 0 Å². The van der Waals surface area contributed by atoms with E-state index in [1.807, 2.05) is 0 Å². The fourth-order valence-corrected chi connectivity index (χ4v) is 1.25. The van der Waals surface area contributed by atoms with Gasteiger partial charge in [-0.15, -0.1) is 0 Å². The molecule has 0 rings (SSSR count). The van der Waals surface area contributed by atoms with E-state index in [1.165, 1.54) is 0 Å². The summed E-state index contributed by atoms with van der Waals surface area (Å²) in [5.74, 6) is 5.36. The van der Waals surface area contributed by atoms with Crippen molar-refractivity contribution < 1.29 is 0 Å². The van der Waals surface area contributed by atoms with Crippen LogP contribution in [-0.2, 0) is 0 Å². The molecule has 1 radical (unpaired) electrons. The number of nitrogens with two attached hydrogens (primary N) is 1. The molecule has 0 aliphatic carbocycles. The molecule has 2 nitrogen and oxygen atoms in total. The van der Waals surface area contributed by atoms with E-state index in [0.29, 0.717) is 13.3 Å². The Balaban J connectivity index is 2.98. The van der Waals surface area contributed by atoms with Crippen molar-refractivity contribution >= 4 is 27.5 Å². The van der Waals surface area contributed by atoms with Crippen LogP contribution in [-0.4, -0.2) is 34.1 Å². The number of hydrogen-bond acceptors (Lipinski definition) is 2. The van der Waals surface area contributed by atoms with Crippen LogP contribution in [0.3, 0.4) is 0 Å². The van der Waals surface area contributed by atoms with Crippen LogP contribution in [0.4, 0.5) is 0 Å². The molecule has 0 aromatic carbocycles. The average Bonchev–Trinajstić information content (AvgIpc) is 1.68. The summed E-state index contributed by atoms with van der Waals surface area (Å²) in [7, 11) is 0. The first kappa shape index (κ1) is 7.70. The van der Waals surface area contributed by atoms with Crippen molar-refractivity contribution in [2.45, 2.75) is 0 Å². The maximum absolute atomic E-state index is 5.36. The first-order valence-electron chi connectivity index (χ1n) is 1.76. The SMILES string of the molecule is C=CC[N+](N)[Se][SeH]. The molecule has 0 aliphatic rings. The second-order valence-corrected chi connectivity index (χ2v) is 4.08. The molecule has 0 bridgehead atoms. The fraction of sp³-hybridized carbons (Fsp3) is 0.333. The average molecular weight is 230 g/mol. The summed E-state index contributed by atoms with van der Waals surface area (Å²) in [5, 5.41) is 0. The van der Waals surface area contributed by atoms with Crippen LogP contribution in [0.5, 0.6) is 0 Å². The predicted molar refractivity (Wildman–Crippen MR) is 34.3 cm³/mol. The Hall–Kier alpha value is 0.699. The summed E-state index contributed by atoms with van der Waals surface area (Å²) in [6.07, 6.45) is 1.79. The summed E-state index contributed by atoms with van der Waals surface area (Å²) >= 11 is 2.82. The normalized spacial score (nSPS) is 9.57. The van der Waals surface area contributed by atoms with Crippen LogP contribution >= 0.6 is 0 Å². The van der Waals surface area contributed by atoms with E-state index in [0.717, 1.165) is 6.54 Å². The maximum atomic E-state index is 5.36. The van der Waals surface area contributed by atoms with Gasteiger partial charge in [0.05, 0.1) is 0 Å². The second-order valence-electron chi connectivity index (χ2n) is 0.970. The van der Waals surface area contributed by atoms with Gasteiger partial charge in [0.2, 0.25) is 0 Å². The standard InChI is InChI=1S/C3H8N2Se2/c1-2-3-5(4)7-6/h2,6H,1,3-4H2/q+1. The van der Waals surface area contributed by atoms with Crippen LogP contribution in [0.15, 0.2) is 12.7 Å². The molecule has 0 saturated heterocycles. The van der Waals surface area contributed by atoms with Crippen molar-refractivity contribution in [3.05, 3.63) is 12.7 Å². The zero-order chi connectivity index (χ0) is 5.70. The van der Waals surface area contributed by atoms with Crippen LogP contribution in [0.2, 0.25) is 0 Å². The summed E-state index contributed by atoms with van der Waals surface area (Å²) in [6, 6.07) is 0. The molecule has 0 fully saturated rings. The molecular weight excluding hydrogens is 222 g/mol. The van der Waals surface area contributed by atoms with E-state index in [1.54, 1.807) is 10.1 Å². The van der Waals surface area contributed by atoms with Gasteiger partial charge in [-0.05, 0) is 0 Å². The molecular formula is C3H8N2Se2+. The summed E-state index contributed by atoms with van der Waals surface area (Å²) in [6.45, 7) is 4.32. The Morgan fingerprint density at radius 1 is 2.00 bits per heavy atom. The fourth-order valence-electron chi connectivity index (χ4n) is 0.161. The molecule has 0 saturated carbocycles. The second kappa shape index (κ2) is 4.85. The Morgan fingerprint density at radius 2 is 2.57 bits per heavy atom. The van der Waals surface area contributed by atoms with Crippen molar-refractivity contribution in [2.24, 2.45) is 5.84 Å². The predicted octanol–water partition coefficient (Wildman–Crippen LogP) is -1.38. The quantitative estimate of drug-likeness (QED) is 0.275.